The number of amides is 3. The molecule has 3 amide bonds. The Morgan fingerprint density at radius 3 is 2.38 bits per heavy atom. The third kappa shape index (κ3) is 4.20. The lowest BCUT2D eigenvalue weighted by molar-refractivity contribution is -0.120. The molecule has 0 heterocycles. The second-order valence-corrected chi connectivity index (χ2v) is 4.51. The molecule has 0 aliphatic carbocycles. The molecule has 114 valence electrons. The van der Waals surface area contributed by atoms with Crippen LogP contribution in [0, 0.1) is 0 Å². The molecule has 0 saturated heterocycles. The Morgan fingerprint density at radius 2 is 1.81 bits per heavy atom. The molecule has 0 bridgehead atoms. The number of nitrogens with one attached hydrogen (secondary N) is 1. The highest BCUT2D eigenvalue weighted by Crippen LogP contribution is 2.20. The van der Waals surface area contributed by atoms with Crippen molar-refractivity contribution in [3.8, 4) is 0 Å². The third-order valence-electron chi connectivity index (χ3n) is 3.06. The number of carboxylic acids is 1. The fourth-order valence-corrected chi connectivity index (χ4v) is 1.80. The van der Waals surface area contributed by atoms with Crippen LogP contribution in [0.5, 0.6) is 0 Å². The van der Waals surface area contributed by atoms with Crippen molar-refractivity contribution < 1.29 is 19.5 Å². The van der Waals surface area contributed by atoms with Gasteiger partial charge >= 0.3 is 12.0 Å². The van der Waals surface area contributed by atoms with Gasteiger partial charge in [0.2, 0.25) is 5.91 Å². The van der Waals surface area contributed by atoms with Gasteiger partial charge in [0, 0.05) is 34.1 Å². The largest absolute Gasteiger partial charge is 0.478 e. The molecular weight excluding hydrogens is 274 g/mol. The minimum atomic E-state index is -1.10. The van der Waals surface area contributed by atoms with E-state index < -0.39 is 5.97 Å². The molecule has 0 unspecified atom stereocenters. The molecule has 0 radical (unpaired) electrons. The highest BCUT2D eigenvalue weighted by molar-refractivity contribution is 6.01. The molecule has 0 spiro atoms. The first-order valence-corrected chi connectivity index (χ1v) is 6.40. The highest BCUT2D eigenvalue weighted by atomic mass is 16.4. The molecule has 21 heavy (non-hydrogen) atoms. The molecule has 0 saturated carbocycles. The van der Waals surface area contributed by atoms with Gasteiger partial charge in [0.15, 0.2) is 0 Å². The summed E-state index contributed by atoms with van der Waals surface area (Å²) in [6.07, 6.45) is 0.188. The minimum absolute atomic E-state index is 0.0491. The zero-order valence-corrected chi connectivity index (χ0v) is 12.3. The van der Waals surface area contributed by atoms with Crippen LogP contribution in [0.25, 0.3) is 0 Å². The molecule has 1 aromatic rings. The highest BCUT2D eigenvalue weighted by Gasteiger charge is 2.20. The molecular formula is C14H19N3O4. The fourth-order valence-electron chi connectivity index (χ4n) is 1.80. The molecule has 1 aromatic carbocycles. The van der Waals surface area contributed by atoms with Crippen LogP contribution in [-0.2, 0) is 4.79 Å². The third-order valence-corrected chi connectivity index (χ3v) is 3.06. The average molecular weight is 293 g/mol. The first-order chi connectivity index (χ1) is 9.88. The van der Waals surface area contributed by atoms with Crippen LogP contribution in [0.2, 0.25) is 0 Å². The van der Waals surface area contributed by atoms with Crippen LogP contribution in [0.15, 0.2) is 24.3 Å². The summed E-state index contributed by atoms with van der Waals surface area (Å²) in [5.41, 5.74) is 0.356. The number of nitrogens with zero attached hydrogens (tertiary/aromatic N) is 2. The van der Waals surface area contributed by atoms with Gasteiger partial charge in [0.05, 0.1) is 11.3 Å². The lowest BCUT2D eigenvalue weighted by Gasteiger charge is -2.25. The maximum atomic E-state index is 12.2. The second-order valence-electron chi connectivity index (χ2n) is 4.51. The van der Waals surface area contributed by atoms with E-state index in [9.17, 15) is 14.4 Å². The number of aromatic carboxylic acids is 1. The first-order valence-electron chi connectivity index (χ1n) is 6.40. The molecule has 0 fully saturated rings. The van der Waals surface area contributed by atoms with Gasteiger partial charge in [-0.05, 0) is 12.1 Å². The molecule has 1 rings (SSSR count). The molecule has 0 aliphatic rings. The molecule has 0 aliphatic heterocycles. The van der Waals surface area contributed by atoms with E-state index in [2.05, 4.69) is 5.32 Å². The van der Waals surface area contributed by atoms with Gasteiger partial charge < -0.3 is 15.3 Å². The van der Waals surface area contributed by atoms with Crippen molar-refractivity contribution in [1.82, 2.24) is 10.2 Å². The van der Waals surface area contributed by atoms with Gasteiger partial charge in [0.1, 0.15) is 0 Å². The topological polar surface area (TPSA) is 90.0 Å². The monoisotopic (exact) mass is 293 g/mol. The Morgan fingerprint density at radius 1 is 1.19 bits per heavy atom. The standard InChI is InChI=1S/C14H19N3O4/c1-15-12(18)8-9-16(2)14(21)17(3)11-7-5-4-6-10(11)13(19)20/h4-7H,8-9H2,1-3H3,(H,15,18)(H,19,20). The van der Waals surface area contributed by atoms with Crippen molar-refractivity contribution in [2.24, 2.45) is 0 Å². The predicted octanol–water partition coefficient (Wildman–Crippen LogP) is 1.01. The van der Waals surface area contributed by atoms with Crippen molar-refractivity contribution in [2.75, 3.05) is 32.6 Å². The lowest BCUT2D eigenvalue weighted by Crippen LogP contribution is -2.41. The summed E-state index contributed by atoms with van der Waals surface area (Å²) >= 11 is 0. The molecule has 0 aromatic heterocycles. The predicted molar refractivity (Wildman–Crippen MR) is 78.5 cm³/mol. The van der Waals surface area contributed by atoms with E-state index in [0.717, 1.165) is 0 Å². The van der Waals surface area contributed by atoms with E-state index in [1.165, 1.54) is 30.0 Å². The van der Waals surface area contributed by atoms with Gasteiger partial charge in [0.25, 0.3) is 0 Å². The lowest BCUT2D eigenvalue weighted by atomic mass is 10.1. The molecule has 7 heteroatoms. The number of urea groups is 1. The number of carboxylic acid groups (broad SMARTS) is 1. The smallest absolute Gasteiger partial charge is 0.337 e. The van der Waals surface area contributed by atoms with Crippen LogP contribution in [0.3, 0.4) is 0 Å². The Kier molecular flexibility index (Phi) is 5.71. The number of hydrogen-bond acceptors (Lipinski definition) is 3. The number of hydrogen-bond donors (Lipinski definition) is 2. The normalized spacial score (nSPS) is 9.86. The Hall–Kier alpha value is -2.57. The maximum Gasteiger partial charge on any atom is 0.337 e. The second kappa shape index (κ2) is 7.28. The van der Waals surface area contributed by atoms with E-state index in [0.29, 0.717) is 5.69 Å². The summed E-state index contributed by atoms with van der Waals surface area (Å²) in [5, 5.41) is 11.6. The molecule has 0 atom stereocenters. The zero-order valence-electron chi connectivity index (χ0n) is 12.3. The van der Waals surface area contributed by atoms with Crippen LogP contribution >= 0.6 is 0 Å². The first kappa shape index (κ1) is 16.5. The van der Waals surface area contributed by atoms with E-state index in [1.807, 2.05) is 0 Å². The number of benzene rings is 1. The van der Waals surface area contributed by atoms with E-state index in [1.54, 1.807) is 25.2 Å². The molecule has 2 N–H and O–H groups in total. The SMILES string of the molecule is CNC(=O)CCN(C)C(=O)N(C)c1ccccc1C(=O)O. The minimum Gasteiger partial charge on any atom is -0.478 e. The van der Waals surface area contributed by atoms with Gasteiger partial charge in [-0.2, -0.15) is 0 Å². The Labute approximate surface area is 123 Å². The van der Waals surface area contributed by atoms with Gasteiger partial charge in [-0.25, -0.2) is 9.59 Å². The maximum absolute atomic E-state index is 12.2. The number of carbonyl (C=O) groups excluding carboxylic acids is 2. The Balaban J connectivity index is 2.83. The number of para-hydroxylation sites is 1. The summed E-state index contributed by atoms with van der Waals surface area (Å²) < 4.78 is 0. The fraction of sp³-hybridized carbons (Fsp3) is 0.357. The van der Waals surface area contributed by atoms with Crippen molar-refractivity contribution in [1.29, 1.82) is 0 Å². The van der Waals surface area contributed by atoms with Gasteiger partial charge in [-0.3, -0.25) is 9.69 Å². The van der Waals surface area contributed by atoms with E-state index >= 15 is 0 Å². The van der Waals surface area contributed by atoms with Crippen molar-refractivity contribution in [2.45, 2.75) is 6.42 Å². The summed E-state index contributed by atoms with van der Waals surface area (Å²) in [5.74, 6) is -1.26. The summed E-state index contributed by atoms with van der Waals surface area (Å²) in [6, 6.07) is 5.88. The summed E-state index contributed by atoms with van der Waals surface area (Å²) in [4.78, 5) is 37.2. The van der Waals surface area contributed by atoms with Crippen LogP contribution < -0.4 is 10.2 Å². The average Bonchev–Trinajstić information content (AvgIpc) is 2.50. The van der Waals surface area contributed by atoms with Crippen LogP contribution in [0.4, 0.5) is 10.5 Å². The van der Waals surface area contributed by atoms with Gasteiger partial charge in [-0.1, -0.05) is 12.1 Å². The van der Waals surface area contributed by atoms with Crippen molar-refractivity contribution in [3.05, 3.63) is 29.8 Å². The molecule has 7 nitrogen and oxygen atoms in total. The van der Waals surface area contributed by atoms with Crippen LogP contribution in [-0.4, -0.2) is 55.6 Å². The van der Waals surface area contributed by atoms with Crippen molar-refractivity contribution >= 4 is 23.6 Å². The summed E-state index contributed by atoms with van der Waals surface area (Å²) in [7, 11) is 4.59. The number of rotatable bonds is 5. The van der Waals surface area contributed by atoms with Gasteiger partial charge in [-0.15, -0.1) is 0 Å². The van der Waals surface area contributed by atoms with E-state index in [4.69, 9.17) is 5.11 Å². The summed E-state index contributed by atoms with van der Waals surface area (Å²) in [6.45, 7) is 0.248. The van der Waals surface area contributed by atoms with E-state index in [-0.39, 0.29) is 30.5 Å². The quantitative estimate of drug-likeness (QED) is 0.847. The number of carbonyl (C=O) groups is 3. The van der Waals surface area contributed by atoms with Crippen molar-refractivity contribution in [3.63, 3.8) is 0 Å². The van der Waals surface area contributed by atoms with Crippen LogP contribution in [0.1, 0.15) is 16.8 Å². The zero-order chi connectivity index (χ0) is 16.0. The number of anilines is 1. The Bertz CT molecular complexity index is 545.